The quantitative estimate of drug-likeness (QED) is 0.0224. The van der Waals surface area contributed by atoms with Crippen molar-refractivity contribution in [3.63, 3.8) is 0 Å². The second-order valence-electron chi connectivity index (χ2n) is 10.9. The van der Waals surface area contributed by atoms with Crippen LogP contribution in [0.5, 0.6) is 0 Å². The molecule has 0 spiro atoms. The van der Waals surface area contributed by atoms with Crippen LogP contribution in [0.3, 0.4) is 0 Å². The second kappa shape index (κ2) is 35.0. The highest BCUT2D eigenvalue weighted by Gasteiger charge is 2.11. The van der Waals surface area contributed by atoms with E-state index in [1.54, 1.807) is 0 Å². The summed E-state index contributed by atoms with van der Waals surface area (Å²) in [6.45, 7) is 5.26. The minimum atomic E-state index is 0.288. The lowest BCUT2D eigenvalue weighted by molar-refractivity contribution is -0.167. The van der Waals surface area contributed by atoms with Gasteiger partial charge in [-0.25, -0.2) is 0 Å². The van der Waals surface area contributed by atoms with E-state index >= 15 is 0 Å². The van der Waals surface area contributed by atoms with Crippen LogP contribution in [-0.4, -0.2) is 34.6 Å². The first-order chi connectivity index (χ1) is 19.3. The van der Waals surface area contributed by atoms with Crippen LogP contribution in [-0.2, 0) is 14.2 Å². The van der Waals surface area contributed by atoms with E-state index in [1.165, 1.54) is 112 Å². The van der Waals surface area contributed by atoms with Gasteiger partial charge in [-0.05, 0) is 51.4 Å². The summed E-state index contributed by atoms with van der Waals surface area (Å²) in [4.78, 5) is 0. The van der Waals surface area contributed by atoms with E-state index in [4.69, 9.17) is 14.2 Å². The Bertz CT molecular complexity index is 469. The van der Waals surface area contributed by atoms with Gasteiger partial charge >= 0.3 is 0 Å². The Morgan fingerprint density at radius 1 is 0.462 bits per heavy atom. The van der Waals surface area contributed by atoms with Gasteiger partial charge in [-0.2, -0.15) is 0 Å². The van der Waals surface area contributed by atoms with Gasteiger partial charge in [0.25, 0.3) is 0 Å². The van der Waals surface area contributed by atoms with Crippen LogP contribution in [0, 0.1) is 0 Å². The molecule has 0 amide bonds. The molecule has 0 aliphatic rings. The Balaban J connectivity index is 4.35. The lowest BCUT2D eigenvalue weighted by Gasteiger charge is -2.20. The van der Waals surface area contributed by atoms with Crippen molar-refractivity contribution in [2.45, 2.75) is 167 Å². The zero-order valence-corrected chi connectivity index (χ0v) is 30.1. The normalized spacial score (nSPS) is 13.6. The predicted octanol–water partition coefficient (Wildman–Crippen LogP) is 12.3. The van der Waals surface area contributed by atoms with E-state index in [0.717, 1.165) is 38.5 Å². The summed E-state index contributed by atoms with van der Waals surface area (Å²) in [5.74, 6) is 0. The van der Waals surface area contributed by atoms with Gasteiger partial charge in [-0.15, -0.1) is 0 Å². The molecule has 0 heterocycles. The molecular formula is C34H64I2O3. The number of alkyl halides is 2. The Kier molecular flexibility index (Phi) is 35.8. The minimum absolute atomic E-state index is 0.288. The van der Waals surface area contributed by atoms with Crippen molar-refractivity contribution in [3.8, 4) is 0 Å². The zero-order chi connectivity index (χ0) is 28.5. The van der Waals surface area contributed by atoms with Crippen molar-refractivity contribution in [2.24, 2.45) is 0 Å². The Morgan fingerprint density at radius 2 is 0.821 bits per heavy atom. The Labute approximate surface area is 271 Å². The topological polar surface area (TPSA) is 27.7 Å². The maximum absolute atomic E-state index is 6.20. The van der Waals surface area contributed by atoms with Crippen molar-refractivity contribution in [1.29, 1.82) is 0 Å². The summed E-state index contributed by atoms with van der Waals surface area (Å²) in [5.41, 5.74) is 0. The highest BCUT2D eigenvalue weighted by Crippen LogP contribution is 2.17. The first-order valence-corrected chi connectivity index (χ1v) is 19.6. The molecule has 39 heavy (non-hydrogen) atoms. The molecule has 0 aromatic heterocycles. The monoisotopic (exact) mass is 774 g/mol. The summed E-state index contributed by atoms with van der Waals surface area (Å²) >= 11 is 4.87. The maximum atomic E-state index is 6.20. The molecule has 5 heteroatoms. The van der Waals surface area contributed by atoms with Crippen LogP contribution in [0.25, 0.3) is 0 Å². The highest BCUT2D eigenvalue weighted by atomic mass is 127. The average Bonchev–Trinajstić information content (AvgIpc) is 2.94. The Hall–Kier alpha value is 0.820. The molecule has 0 radical (unpaired) electrons. The molecule has 0 aromatic carbocycles. The Morgan fingerprint density at radius 3 is 1.21 bits per heavy atom. The molecule has 0 aliphatic heterocycles. The third-order valence-electron chi connectivity index (χ3n) is 7.23. The van der Waals surface area contributed by atoms with E-state index in [-0.39, 0.29) is 12.2 Å². The van der Waals surface area contributed by atoms with Gasteiger partial charge < -0.3 is 14.2 Å². The molecule has 2 atom stereocenters. The van der Waals surface area contributed by atoms with Crippen LogP contribution < -0.4 is 0 Å². The molecule has 0 aliphatic carbocycles. The fourth-order valence-electron chi connectivity index (χ4n) is 4.76. The number of rotatable bonds is 32. The first-order valence-electron chi connectivity index (χ1n) is 16.5. The summed E-state index contributed by atoms with van der Waals surface area (Å²) in [5, 5.41) is 0. The fraction of sp³-hybridized carbons (Fsp3) is 0.882. The third-order valence-corrected chi connectivity index (χ3v) is 8.47. The number of ether oxygens (including phenoxy) is 3. The van der Waals surface area contributed by atoms with E-state index in [1.807, 2.05) is 0 Å². The number of unbranched alkanes of at least 4 members (excludes halogenated alkanes) is 12. The van der Waals surface area contributed by atoms with Gasteiger partial charge in [-0.1, -0.05) is 173 Å². The summed E-state index contributed by atoms with van der Waals surface area (Å²) < 4.78 is 20.6. The van der Waals surface area contributed by atoms with Crippen molar-refractivity contribution < 1.29 is 14.2 Å². The molecule has 0 saturated heterocycles. The van der Waals surface area contributed by atoms with Crippen molar-refractivity contribution >= 4 is 45.2 Å². The van der Waals surface area contributed by atoms with Gasteiger partial charge in [0.15, 0.2) is 0 Å². The molecule has 0 N–H and O–H groups in total. The SMILES string of the molecule is CCCCCCCCCC(CC/C=C/CCI)OCOCOC(CC/C=C/CCI)CCCCCCCCC. The van der Waals surface area contributed by atoms with E-state index in [2.05, 4.69) is 83.3 Å². The van der Waals surface area contributed by atoms with Crippen LogP contribution >= 0.6 is 45.2 Å². The molecule has 232 valence electrons. The van der Waals surface area contributed by atoms with Gasteiger partial charge in [0.1, 0.15) is 13.6 Å². The summed E-state index contributed by atoms with van der Waals surface area (Å²) in [6, 6.07) is 0. The van der Waals surface area contributed by atoms with Crippen LogP contribution in [0.4, 0.5) is 0 Å². The molecule has 3 nitrogen and oxygen atoms in total. The van der Waals surface area contributed by atoms with Crippen LogP contribution in [0.1, 0.15) is 155 Å². The zero-order valence-electron chi connectivity index (χ0n) is 25.8. The van der Waals surface area contributed by atoms with Crippen molar-refractivity contribution in [3.05, 3.63) is 24.3 Å². The maximum Gasteiger partial charge on any atom is 0.149 e. The van der Waals surface area contributed by atoms with E-state index in [0.29, 0.717) is 13.6 Å². The van der Waals surface area contributed by atoms with Gasteiger partial charge in [0.05, 0.1) is 12.2 Å². The van der Waals surface area contributed by atoms with Gasteiger partial charge in [0.2, 0.25) is 0 Å². The minimum Gasteiger partial charge on any atom is -0.352 e. The van der Waals surface area contributed by atoms with Crippen molar-refractivity contribution in [2.75, 3.05) is 22.4 Å². The second-order valence-corrected chi connectivity index (χ2v) is 13.0. The molecule has 2 unspecified atom stereocenters. The number of allylic oxidation sites excluding steroid dienone is 4. The molecule has 0 rings (SSSR count). The number of halogens is 2. The molecule has 0 saturated carbocycles. The van der Waals surface area contributed by atoms with E-state index < -0.39 is 0 Å². The highest BCUT2D eigenvalue weighted by molar-refractivity contribution is 14.1. The molecular weight excluding hydrogens is 710 g/mol. The van der Waals surface area contributed by atoms with Gasteiger partial charge in [0, 0.05) is 8.86 Å². The van der Waals surface area contributed by atoms with E-state index in [9.17, 15) is 0 Å². The van der Waals surface area contributed by atoms with Crippen LogP contribution in [0.2, 0.25) is 0 Å². The third kappa shape index (κ3) is 31.6. The average molecular weight is 775 g/mol. The lowest BCUT2D eigenvalue weighted by Crippen LogP contribution is -2.19. The van der Waals surface area contributed by atoms with Crippen molar-refractivity contribution in [1.82, 2.24) is 0 Å². The largest absolute Gasteiger partial charge is 0.352 e. The number of hydrogen-bond acceptors (Lipinski definition) is 3. The number of hydrogen-bond donors (Lipinski definition) is 0. The van der Waals surface area contributed by atoms with Crippen LogP contribution in [0.15, 0.2) is 24.3 Å². The van der Waals surface area contributed by atoms with Gasteiger partial charge in [-0.3, -0.25) is 0 Å². The summed E-state index contributed by atoms with van der Waals surface area (Å²) in [7, 11) is 0. The standard InChI is InChI=1S/C34H64I2O3/c1-3-5-7-9-11-13-19-25-33(27-21-15-17-23-29-35)38-31-37-32-39-34(28-22-16-18-24-30-36)26-20-14-12-10-8-6-4-2/h15-18,33-34H,3-14,19-32H2,1-2H3/b17-15+,18-16+. The molecule has 0 fully saturated rings. The lowest BCUT2D eigenvalue weighted by atomic mass is 10.0. The smallest absolute Gasteiger partial charge is 0.149 e. The summed E-state index contributed by atoms with van der Waals surface area (Å²) in [6.07, 6.45) is 37.7. The predicted molar refractivity (Wildman–Crippen MR) is 190 cm³/mol. The fourth-order valence-corrected chi connectivity index (χ4v) is 5.48. The molecule has 0 bridgehead atoms. The molecule has 0 aromatic rings. The first kappa shape index (κ1) is 39.8.